The van der Waals surface area contributed by atoms with Crippen LogP contribution < -0.4 is 19.9 Å². The topological polar surface area (TPSA) is 190 Å². The minimum absolute atomic E-state index is 0.0987. The fourth-order valence-electron chi connectivity index (χ4n) is 11.8. The standard InChI is InChI=1S/C61H55N5O11/c67-34-37-75-51-19-11-10-18-48(51)56-61(49-38-41(21-20-40-12-4-1-5-13-40)24-31-50(49)64(59(61)70)60(71)76-39-42-22-27-47(28-23-42)66(72)73)52(57(68)62-45-25-29-46(30-26-45)63-32-35-74-36-33-63)54-58(69)77-55(44-16-8-3-9-17-44)53(65(54)56)43-14-6-2-7-15-43/h2-3,6-12,14-19,22-31,38,52-56,67H,1,4-5,13,32-37,39H2,(H,62,68). The van der Waals surface area contributed by atoms with Crippen LogP contribution in [0, 0.1) is 27.9 Å². The third-order valence-electron chi connectivity index (χ3n) is 15.2. The third kappa shape index (κ3) is 9.58. The van der Waals surface area contributed by atoms with Gasteiger partial charge in [-0.05, 0) is 114 Å². The number of hydrogen-bond donors (Lipinski definition) is 2. The number of imide groups is 1. The van der Waals surface area contributed by atoms with Crippen LogP contribution in [0.1, 0.15) is 77.3 Å². The fraction of sp³-hybridized carbons (Fsp3) is 0.279. The quantitative estimate of drug-likeness (QED) is 0.0511. The van der Waals surface area contributed by atoms with Gasteiger partial charge in [-0.1, -0.05) is 96.8 Å². The summed E-state index contributed by atoms with van der Waals surface area (Å²) in [5.74, 6) is 2.94. The molecule has 3 fully saturated rings. The number of nitro benzene ring substituents is 1. The number of amides is 3. The average molecular weight is 1030 g/mol. The van der Waals surface area contributed by atoms with Crippen molar-refractivity contribution >= 4 is 46.6 Å². The molecule has 11 rings (SSSR count). The van der Waals surface area contributed by atoms with E-state index in [4.69, 9.17) is 18.9 Å². The van der Waals surface area contributed by atoms with Crippen LogP contribution in [0.25, 0.3) is 0 Å². The smallest absolute Gasteiger partial charge is 0.421 e. The molecule has 0 radical (unpaired) electrons. The van der Waals surface area contributed by atoms with E-state index in [0.717, 1.165) is 41.8 Å². The average Bonchev–Trinajstić information content (AvgIpc) is 4.08. The molecule has 16 nitrogen and oxygen atoms in total. The summed E-state index contributed by atoms with van der Waals surface area (Å²) in [7, 11) is 0. The van der Waals surface area contributed by atoms with E-state index in [1.54, 1.807) is 54.6 Å². The molecule has 2 N–H and O–H groups in total. The van der Waals surface area contributed by atoms with Gasteiger partial charge in [-0.25, -0.2) is 9.69 Å². The van der Waals surface area contributed by atoms with Gasteiger partial charge in [-0.15, -0.1) is 0 Å². The van der Waals surface area contributed by atoms with Crippen molar-refractivity contribution in [3.63, 3.8) is 0 Å². The second kappa shape index (κ2) is 21.9. The van der Waals surface area contributed by atoms with E-state index in [1.165, 1.54) is 24.3 Å². The van der Waals surface area contributed by atoms with E-state index in [2.05, 4.69) is 28.1 Å². The summed E-state index contributed by atoms with van der Waals surface area (Å²) in [5, 5.41) is 24.8. The van der Waals surface area contributed by atoms with E-state index in [-0.39, 0.29) is 42.5 Å². The number of nitro groups is 1. The first kappa shape index (κ1) is 50.5. The maximum absolute atomic E-state index is 16.9. The number of allylic oxidation sites excluding steroid dienone is 2. The van der Waals surface area contributed by atoms with Gasteiger partial charge < -0.3 is 34.3 Å². The number of anilines is 3. The lowest BCUT2D eigenvalue weighted by Gasteiger charge is -2.46. The van der Waals surface area contributed by atoms with E-state index in [1.807, 2.05) is 77.7 Å². The molecule has 0 saturated carbocycles. The van der Waals surface area contributed by atoms with E-state index in [9.17, 15) is 15.2 Å². The molecule has 5 aliphatic rings. The monoisotopic (exact) mass is 1030 g/mol. The van der Waals surface area contributed by atoms with Crippen molar-refractivity contribution in [1.29, 1.82) is 0 Å². The highest BCUT2D eigenvalue weighted by molar-refractivity contribution is 6.24. The molecule has 0 aromatic heterocycles. The summed E-state index contributed by atoms with van der Waals surface area (Å²) in [5.41, 5.74) is 2.93. The van der Waals surface area contributed by atoms with Crippen molar-refractivity contribution in [2.75, 3.05) is 54.6 Å². The summed E-state index contributed by atoms with van der Waals surface area (Å²) in [4.78, 5) is 79.8. The number of fused-ring (bicyclic) bond motifs is 3. The molecule has 77 heavy (non-hydrogen) atoms. The maximum atomic E-state index is 16.9. The number of non-ortho nitro benzene ring substituents is 1. The Morgan fingerprint density at radius 1 is 0.818 bits per heavy atom. The number of rotatable bonds is 12. The predicted molar refractivity (Wildman–Crippen MR) is 286 cm³/mol. The number of carbonyl (C=O) groups is 4. The highest BCUT2D eigenvalue weighted by Crippen LogP contribution is 2.67. The Morgan fingerprint density at radius 2 is 1.53 bits per heavy atom. The predicted octanol–water partition coefficient (Wildman–Crippen LogP) is 9.30. The van der Waals surface area contributed by atoms with Crippen LogP contribution in [-0.2, 0) is 40.6 Å². The molecule has 4 heterocycles. The molecule has 390 valence electrons. The molecular weight excluding hydrogens is 979 g/mol. The van der Waals surface area contributed by atoms with Crippen molar-refractivity contribution in [3.05, 3.63) is 207 Å². The van der Waals surface area contributed by atoms with Crippen LogP contribution in [0.4, 0.5) is 27.5 Å². The fourth-order valence-corrected chi connectivity index (χ4v) is 11.8. The van der Waals surface area contributed by atoms with Gasteiger partial charge in [0, 0.05) is 47.7 Å². The minimum atomic E-state index is -2.18. The van der Waals surface area contributed by atoms with Crippen LogP contribution in [0.5, 0.6) is 5.75 Å². The Hall–Kier alpha value is -8.62. The lowest BCUT2D eigenvalue weighted by atomic mass is 9.65. The second-order valence-electron chi connectivity index (χ2n) is 19.6. The van der Waals surface area contributed by atoms with E-state index < -0.39 is 64.4 Å². The molecule has 1 aliphatic carbocycles. The molecule has 0 bridgehead atoms. The van der Waals surface area contributed by atoms with Crippen molar-refractivity contribution in [2.45, 2.75) is 61.9 Å². The van der Waals surface area contributed by atoms with Crippen molar-refractivity contribution < 1.29 is 48.2 Å². The lowest BCUT2D eigenvalue weighted by Crippen LogP contribution is -2.54. The molecule has 6 atom stereocenters. The number of para-hydroxylation sites is 1. The summed E-state index contributed by atoms with van der Waals surface area (Å²) in [6.45, 7) is 1.66. The summed E-state index contributed by atoms with van der Waals surface area (Å²) in [6, 6.07) is 40.0. The molecule has 6 unspecified atom stereocenters. The summed E-state index contributed by atoms with van der Waals surface area (Å²) >= 11 is 0. The molecule has 6 aromatic carbocycles. The van der Waals surface area contributed by atoms with Crippen LogP contribution in [0.3, 0.4) is 0 Å². The zero-order valence-electron chi connectivity index (χ0n) is 42.0. The zero-order valence-corrected chi connectivity index (χ0v) is 42.0. The van der Waals surface area contributed by atoms with Crippen LogP contribution in [0.15, 0.2) is 163 Å². The Balaban J connectivity index is 1.15. The SMILES string of the molecule is O=C1OC(c2ccccc2)C(c2ccccc2)N2C1C(C(=O)Nc1ccc(N3CCOCC3)cc1)C1(C(=O)N(C(=O)OCc3ccc([N+](=O)[O-])cc3)c3ccc(C#CC4=CCCCC4)cc31)C2c1ccccc1OCCO. The molecule has 3 amide bonds. The number of aliphatic hydroxyl groups excluding tert-OH is 1. The zero-order chi connectivity index (χ0) is 53.0. The molecule has 4 aliphatic heterocycles. The van der Waals surface area contributed by atoms with Gasteiger partial charge >= 0.3 is 12.1 Å². The summed E-state index contributed by atoms with van der Waals surface area (Å²) in [6.07, 6.45) is 3.80. The van der Waals surface area contributed by atoms with Gasteiger partial charge in [0.25, 0.3) is 5.69 Å². The second-order valence-corrected chi connectivity index (χ2v) is 19.6. The highest BCUT2D eigenvalue weighted by atomic mass is 16.6. The number of nitrogens with one attached hydrogen (secondary N) is 1. The Morgan fingerprint density at radius 3 is 2.23 bits per heavy atom. The van der Waals surface area contributed by atoms with Crippen molar-refractivity contribution in [1.82, 2.24) is 4.90 Å². The number of carbonyl (C=O) groups excluding carboxylic acids is 4. The van der Waals surface area contributed by atoms with Gasteiger partial charge in [0.05, 0.1) is 48.4 Å². The Labute approximate surface area is 444 Å². The first-order valence-electron chi connectivity index (χ1n) is 25.9. The number of cyclic esters (lactones) is 1. The number of morpholine rings is 2. The molecule has 6 aromatic rings. The van der Waals surface area contributed by atoms with Crippen molar-refractivity contribution in [2.24, 2.45) is 5.92 Å². The number of nitrogens with zero attached hydrogens (tertiary/aromatic N) is 4. The number of aliphatic hydroxyl groups is 1. The molecule has 3 saturated heterocycles. The van der Waals surface area contributed by atoms with Crippen LogP contribution in [0.2, 0.25) is 0 Å². The first-order valence-corrected chi connectivity index (χ1v) is 25.9. The van der Waals surface area contributed by atoms with E-state index >= 15 is 19.2 Å². The number of ether oxygens (including phenoxy) is 4. The largest absolute Gasteiger partial charge is 0.491 e. The number of hydrogen-bond acceptors (Lipinski definition) is 13. The number of esters is 1. The van der Waals surface area contributed by atoms with Crippen molar-refractivity contribution in [3.8, 4) is 17.6 Å². The Bertz CT molecular complexity index is 3300. The molecular formula is C61H55N5O11. The first-order chi connectivity index (χ1) is 37.6. The van der Waals surface area contributed by atoms with Gasteiger partial charge in [0.2, 0.25) is 11.8 Å². The van der Waals surface area contributed by atoms with Gasteiger partial charge in [-0.2, -0.15) is 0 Å². The van der Waals surface area contributed by atoms with Crippen LogP contribution in [-0.4, -0.2) is 84.4 Å². The van der Waals surface area contributed by atoms with Crippen LogP contribution >= 0.6 is 0 Å². The lowest BCUT2D eigenvalue weighted by molar-refractivity contribution is -0.384. The molecule has 16 heteroatoms. The Kier molecular flexibility index (Phi) is 14.4. The highest BCUT2D eigenvalue weighted by Gasteiger charge is 2.76. The minimum Gasteiger partial charge on any atom is -0.491 e. The van der Waals surface area contributed by atoms with Gasteiger partial charge in [0.15, 0.2) is 0 Å². The normalized spacial score (nSPS) is 22.7. The maximum Gasteiger partial charge on any atom is 0.421 e. The van der Waals surface area contributed by atoms with Gasteiger partial charge in [0.1, 0.15) is 36.5 Å². The number of benzene rings is 6. The third-order valence-corrected chi connectivity index (χ3v) is 15.2. The summed E-state index contributed by atoms with van der Waals surface area (Å²) < 4.78 is 24.6. The van der Waals surface area contributed by atoms with Gasteiger partial charge in [-0.3, -0.25) is 29.4 Å². The van der Waals surface area contributed by atoms with E-state index in [0.29, 0.717) is 59.8 Å². The molecule has 1 spiro atoms.